The lowest BCUT2D eigenvalue weighted by Gasteiger charge is -2.11. The predicted molar refractivity (Wildman–Crippen MR) is 80.3 cm³/mol. The number of aliphatic carboxylic acids is 1. The highest BCUT2D eigenvalue weighted by molar-refractivity contribution is 5.91. The zero-order chi connectivity index (χ0) is 16.1. The highest BCUT2D eigenvalue weighted by Gasteiger charge is 2.19. The first-order chi connectivity index (χ1) is 9.97. The second-order valence-corrected chi connectivity index (χ2v) is 4.31. The Morgan fingerprint density at radius 2 is 1.90 bits per heavy atom. The van der Waals surface area contributed by atoms with Crippen LogP contribution in [-0.4, -0.2) is 28.9 Å². The van der Waals surface area contributed by atoms with E-state index in [1.165, 1.54) is 12.2 Å². The van der Waals surface area contributed by atoms with Gasteiger partial charge in [-0.15, -0.1) is 0 Å². The third-order valence-corrected chi connectivity index (χ3v) is 2.46. The standard InChI is InChI=1S/C15H22N2O4/c1-2-3-4-5-6-7-8-9-14(19)17-12(15(20)21)10-11-13(16)18/h3-4,6-9,12H,2,5,10-11H2,1H3,(H2,16,18)(H,17,19)(H,20,21)/b4-3-,7-6+,9-8+/t12-/m0/s1. The van der Waals surface area contributed by atoms with Gasteiger partial charge in [-0.25, -0.2) is 4.79 Å². The number of carbonyl (C=O) groups excluding carboxylic acids is 2. The van der Waals surface area contributed by atoms with Gasteiger partial charge in [-0.05, 0) is 19.3 Å². The molecule has 0 saturated heterocycles. The molecule has 0 aliphatic rings. The molecule has 0 rings (SSSR count). The lowest BCUT2D eigenvalue weighted by atomic mass is 10.1. The maximum absolute atomic E-state index is 11.5. The van der Waals surface area contributed by atoms with Crippen LogP contribution in [0.15, 0.2) is 36.5 Å². The maximum atomic E-state index is 11.5. The van der Waals surface area contributed by atoms with Crippen molar-refractivity contribution in [3.8, 4) is 0 Å². The van der Waals surface area contributed by atoms with Gasteiger partial charge in [0.05, 0.1) is 0 Å². The minimum absolute atomic E-state index is 0.0259. The Labute approximate surface area is 124 Å². The van der Waals surface area contributed by atoms with Crippen molar-refractivity contribution in [3.63, 3.8) is 0 Å². The van der Waals surface area contributed by atoms with Crippen molar-refractivity contribution in [1.82, 2.24) is 5.32 Å². The molecule has 6 heteroatoms. The summed E-state index contributed by atoms with van der Waals surface area (Å²) in [4.78, 5) is 33.0. The quantitative estimate of drug-likeness (QED) is 0.320. The van der Waals surface area contributed by atoms with Crippen molar-refractivity contribution in [2.24, 2.45) is 5.73 Å². The molecule has 0 spiro atoms. The number of carbonyl (C=O) groups is 3. The number of hydrogen-bond donors (Lipinski definition) is 3. The Balaban J connectivity index is 4.21. The van der Waals surface area contributed by atoms with Crippen molar-refractivity contribution in [1.29, 1.82) is 0 Å². The molecule has 0 fully saturated rings. The van der Waals surface area contributed by atoms with Crippen LogP contribution in [0, 0.1) is 0 Å². The number of carboxylic acid groups (broad SMARTS) is 1. The smallest absolute Gasteiger partial charge is 0.326 e. The molecule has 0 aromatic heterocycles. The van der Waals surface area contributed by atoms with Gasteiger partial charge >= 0.3 is 5.97 Å². The molecule has 6 nitrogen and oxygen atoms in total. The van der Waals surface area contributed by atoms with E-state index in [9.17, 15) is 14.4 Å². The Hall–Kier alpha value is -2.37. The van der Waals surface area contributed by atoms with Crippen LogP contribution in [0.4, 0.5) is 0 Å². The van der Waals surface area contributed by atoms with Gasteiger partial charge in [0.1, 0.15) is 6.04 Å². The van der Waals surface area contributed by atoms with Gasteiger partial charge in [-0.1, -0.05) is 37.3 Å². The monoisotopic (exact) mass is 294 g/mol. The van der Waals surface area contributed by atoms with E-state index in [4.69, 9.17) is 10.8 Å². The molecule has 0 aromatic carbocycles. The molecule has 0 unspecified atom stereocenters. The molecule has 0 radical (unpaired) electrons. The van der Waals surface area contributed by atoms with Gasteiger partial charge in [-0.3, -0.25) is 9.59 Å². The summed E-state index contributed by atoms with van der Waals surface area (Å²) < 4.78 is 0. The van der Waals surface area contributed by atoms with Crippen LogP contribution in [0.3, 0.4) is 0 Å². The molecule has 0 aliphatic carbocycles. The Morgan fingerprint density at radius 1 is 1.19 bits per heavy atom. The van der Waals surface area contributed by atoms with Crippen LogP contribution < -0.4 is 11.1 Å². The fraction of sp³-hybridized carbons (Fsp3) is 0.400. The number of nitrogens with two attached hydrogens (primary N) is 1. The maximum Gasteiger partial charge on any atom is 0.326 e. The average molecular weight is 294 g/mol. The van der Waals surface area contributed by atoms with E-state index in [0.717, 1.165) is 12.8 Å². The number of rotatable bonds is 10. The minimum Gasteiger partial charge on any atom is -0.480 e. The molecule has 4 N–H and O–H groups in total. The third-order valence-electron chi connectivity index (χ3n) is 2.46. The number of primary amides is 1. The van der Waals surface area contributed by atoms with Crippen LogP contribution in [0.2, 0.25) is 0 Å². The highest BCUT2D eigenvalue weighted by atomic mass is 16.4. The second kappa shape index (κ2) is 11.5. The summed E-state index contributed by atoms with van der Waals surface area (Å²) in [5.41, 5.74) is 4.95. The van der Waals surface area contributed by atoms with E-state index < -0.39 is 23.8 Å². The lowest BCUT2D eigenvalue weighted by Crippen LogP contribution is -2.40. The van der Waals surface area contributed by atoms with E-state index in [0.29, 0.717) is 0 Å². The summed E-state index contributed by atoms with van der Waals surface area (Å²) in [6.45, 7) is 2.04. The zero-order valence-electron chi connectivity index (χ0n) is 12.1. The largest absolute Gasteiger partial charge is 0.480 e. The summed E-state index contributed by atoms with van der Waals surface area (Å²) >= 11 is 0. The zero-order valence-corrected chi connectivity index (χ0v) is 12.1. The van der Waals surface area contributed by atoms with Gasteiger partial charge in [0.2, 0.25) is 11.8 Å². The average Bonchev–Trinajstić information content (AvgIpc) is 2.41. The molecule has 0 heterocycles. The van der Waals surface area contributed by atoms with Crippen molar-refractivity contribution in [2.75, 3.05) is 0 Å². The van der Waals surface area contributed by atoms with E-state index in [2.05, 4.69) is 5.32 Å². The molecule has 2 amide bonds. The van der Waals surface area contributed by atoms with Gasteiger partial charge in [0.25, 0.3) is 0 Å². The molecule has 0 aromatic rings. The van der Waals surface area contributed by atoms with Crippen molar-refractivity contribution in [3.05, 3.63) is 36.5 Å². The summed E-state index contributed by atoms with van der Waals surface area (Å²) in [7, 11) is 0. The molecular formula is C15H22N2O4. The first kappa shape index (κ1) is 18.6. The number of hydrogen-bond acceptors (Lipinski definition) is 3. The summed E-state index contributed by atoms with van der Waals surface area (Å²) in [5, 5.41) is 11.2. The normalized spacial score (nSPS) is 13.0. The molecule has 116 valence electrons. The van der Waals surface area contributed by atoms with Gasteiger partial charge in [-0.2, -0.15) is 0 Å². The van der Waals surface area contributed by atoms with Crippen LogP contribution >= 0.6 is 0 Å². The molecule has 21 heavy (non-hydrogen) atoms. The Kier molecular flexibility index (Phi) is 10.2. The summed E-state index contributed by atoms with van der Waals surface area (Å²) in [6.07, 6.45) is 12.0. The number of amides is 2. The lowest BCUT2D eigenvalue weighted by molar-refractivity contribution is -0.141. The Morgan fingerprint density at radius 3 is 2.48 bits per heavy atom. The van der Waals surface area contributed by atoms with Crippen molar-refractivity contribution < 1.29 is 19.5 Å². The van der Waals surface area contributed by atoms with Crippen molar-refractivity contribution >= 4 is 17.8 Å². The van der Waals surface area contributed by atoms with Crippen LogP contribution in [0.25, 0.3) is 0 Å². The van der Waals surface area contributed by atoms with E-state index in [1.54, 1.807) is 6.08 Å². The van der Waals surface area contributed by atoms with Gasteiger partial charge in [0, 0.05) is 12.5 Å². The number of carboxylic acids is 1. The van der Waals surface area contributed by atoms with E-state index >= 15 is 0 Å². The van der Waals surface area contributed by atoms with E-state index in [-0.39, 0.29) is 12.8 Å². The Bertz CT molecular complexity index is 439. The molecule has 0 bridgehead atoms. The fourth-order valence-electron chi connectivity index (χ4n) is 1.41. The molecule has 0 saturated carbocycles. The third kappa shape index (κ3) is 11.2. The van der Waals surface area contributed by atoms with E-state index in [1.807, 2.05) is 25.2 Å². The van der Waals surface area contributed by atoms with Crippen molar-refractivity contribution in [2.45, 2.75) is 38.6 Å². The number of nitrogens with one attached hydrogen (secondary N) is 1. The highest BCUT2D eigenvalue weighted by Crippen LogP contribution is 1.97. The van der Waals surface area contributed by atoms with Crippen LogP contribution in [0.5, 0.6) is 0 Å². The SMILES string of the molecule is CC/C=C\C/C=C/C=C/C(=O)N[C@@H](CCC(N)=O)C(=O)O. The summed E-state index contributed by atoms with van der Waals surface area (Å²) in [6, 6.07) is -1.12. The predicted octanol–water partition coefficient (Wildman–Crippen LogP) is 1.29. The topological polar surface area (TPSA) is 109 Å². The molecular weight excluding hydrogens is 272 g/mol. The number of allylic oxidation sites excluding steroid dienone is 5. The van der Waals surface area contributed by atoms with Gasteiger partial charge < -0.3 is 16.2 Å². The first-order valence-electron chi connectivity index (χ1n) is 6.77. The van der Waals surface area contributed by atoms with Crippen LogP contribution in [-0.2, 0) is 14.4 Å². The molecule has 1 atom stereocenters. The van der Waals surface area contributed by atoms with Crippen LogP contribution in [0.1, 0.15) is 32.6 Å². The van der Waals surface area contributed by atoms with Gasteiger partial charge in [0.15, 0.2) is 0 Å². The minimum atomic E-state index is -1.20. The summed E-state index contributed by atoms with van der Waals surface area (Å²) in [5.74, 6) is -2.33. The second-order valence-electron chi connectivity index (χ2n) is 4.31. The fourth-order valence-corrected chi connectivity index (χ4v) is 1.41. The molecule has 0 aliphatic heterocycles. The first-order valence-corrected chi connectivity index (χ1v) is 6.77.